The third-order valence-electron chi connectivity index (χ3n) is 5.18. The van der Waals surface area contributed by atoms with E-state index in [1.54, 1.807) is 27.9 Å². The van der Waals surface area contributed by atoms with E-state index < -0.39 is 11.7 Å². The van der Waals surface area contributed by atoms with Crippen molar-refractivity contribution < 1.29 is 22.7 Å². The van der Waals surface area contributed by atoms with Gasteiger partial charge in [-0.25, -0.2) is 4.98 Å². The molecule has 1 aliphatic heterocycles. The first kappa shape index (κ1) is 22.3. The maximum absolute atomic E-state index is 13.4. The average molecular weight is 423 g/mol. The number of imidazole rings is 1. The highest BCUT2D eigenvalue weighted by atomic mass is 19.4. The van der Waals surface area contributed by atoms with Crippen molar-refractivity contribution in [3.05, 3.63) is 53.6 Å². The van der Waals surface area contributed by atoms with E-state index >= 15 is 0 Å². The van der Waals surface area contributed by atoms with Crippen LogP contribution in [-0.2, 0) is 28.8 Å². The highest BCUT2D eigenvalue weighted by Gasteiger charge is 2.33. The second-order valence-corrected chi connectivity index (χ2v) is 8.13. The summed E-state index contributed by atoms with van der Waals surface area (Å²) in [5.41, 5.74) is -0.486. The molecule has 0 N–H and O–H groups in total. The summed E-state index contributed by atoms with van der Waals surface area (Å²) in [6.45, 7) is 5.41. The number of amides is 1. The van der Waals surface area contributed by atoms with Gasteiger partial charge in [-0.15, -0.1) is 0 Å². The van der Waals surface area contributed by atoms with Crippen molar-refractivity contribution in [2.75, 3.05) is 13.2 Å². The second-order valence-electron chi connectivity index (χ2n) is 8.13. The van der Waals surface area contributed by atoms with Gasteiger partial charge in [-0.1, -0.05) is 32.0 Å². The zero-order valence-corrected chi connectivity index (χ0v) is 17.4. The predicted octanol–water partition coefficient (Wildman–Crippen LogP) is 4.50. The molecule has 8 heteroatoms. The van der Waals surface area contributed by atoms with Gasteiger partial charge in [0.25, 0.3) is 0 Å². The molecule has 1 atom stereocenters. The summed E-state index contributed by atoms with van der Waals surface area (Å²) in [5.74, 6) is 0.774. The normalized spacial score (nSPS) is 16.9. The van der Waals surface area contributed by atoms with Crippen molar-refractivity contribution in [3.8, 4) is 0 Å². The quantitative estimate of drug-likeness (QED) is 0.628. The third-order valence-corrected chi connectivity index (χ3v) is 5.18. The molecule has 1 unspecified atom stereocenters. The molecule has 1 fully saturated rings. The molecule has 164 valence electrons. The van der Waals surface area contributed by atoms with Crippen LogP contribution in [0.5, 0.6) is 0 Å². The Morgan fingerprint density at radius 3 is 2.77 bits per heavy atom. The maximum Gasteiger partial charge on any atom is 0.416 e. The molecule has 1 aliphatic rings. The number of aromatic nitrogens is 2. The van der Waals surface area contributed by atoms with Gasteiger partial charge in [0, 0.05) is 38.5 Å². The fourth-order valence-electron chi connectivity index (χ4n) is 3.69. The molecule has 1 aromatic heterocycles. The molecule has 1 saturated heterocycles. The lowest BCUT2D eigenvalue weighted by Crippen LogP contribution is -2.38. The van der Waals surface area contributed by atoms with Crippen LogP contribution in [0.25, 0.3) is 0 Å². The van der Waals surface area contributed by atoms with Crippen LogP contribution in [0, 0.1) is 5.92 Å². The van der Waals surface area contributed by atoms with E-state index in [4.69, 9.17) is 4.74 Å². The molecule has 1 amide bonds. The number of halogens is 3. The zero-order chi connectivity index (χ0) is 21.7. The van der Waals surface area contributed by atoms with Crippen molar-refractivity contribution >= 4 is 5.91 Å². The minimum Gasteiger partial charge on any atom is -0.376 e. The lowest BCUT2D eigenvalue weighted by atomic mass is 10.1. The van der Waals surface area contributed by atoms with Gasteiger partial charge >= 0.3 is 6.18 Å². The molecular formula is C22H28F3N3O2. The van der Waals surface area contributed by atoms with Crippen LogP contribution in [0.1, 0.15) is 50.1 Å². The van der Waals surface area contributed by atoms with Crippen molar-refractivity contribution in [2.24, 2.45) is 5.92 Å². The summed E-state index contributed by atoms with van der Waals surface area (Å²) >= 11 is 0. The minimum atomic E-state index is -4.42. The van der Waals surface area contributed by atoms with Gasteiger partial charge in [0.2, 0.25) is 5.91 Å². The predicted molar refractivity (Wildman–Crippen MR) is 107 cm³/mol. The monoisotopic (exact) mass is 423 g/mol. The molecule has 0 bridgehead atoms. The Balaban J connectivity index is 1.79. The average Bonchev–Trinajstić information content (AvgIpc) is 3.32. The highest BCUT2D eigenvalue weighted by Crippen LogP contribution is 2.32. The van der Waals surface area contributed by atoms with Crippen LogP contribution in [-0.4, -0.2) is 39.6 Å². The summed E-state index contributed by atoms with van der Waals surface area (Å²) in [5, 5.41) is 0. The number of carbonyl (C=O) groups is 1. The van der Waals surface area contributed by atoms with E-state index in [1.807, 2.05) is 13.8 Å². The Morgan fingerprint density at radius 1 is 1.33 bits per heavy atom. The number of hydrogen-bond acceptors (Lipinski definition) is 3. The SMILES string of the molecule is CC(C)CC(=O)N(Cc1nccn1Cc1ccccc1C(F)(F)F)CC1CCCO1. The highest BCUT2D eigenvalue weighted by molar-refractivity contribution is 5.76. The molecule has 0 spiro atoms. The van der Waals surface area contributed by atoms with Crippen LogP contribution < -0.4 is 0 Å². The number of rotatable bonds is 8. The van der Waals surface area contributed by atoms with Gasteiger partial charge in [0.05, 0.1) is 18.2 Å². The molecule has 1 aromatic carbocycles. The van der Waals surface area contributed by atoms with Gasteiger partial charge in [0.15, 0.2) is 0 Å². The first-order chi connectivity index (χ1) is 14.2. The smallest absolute Gasteiger partial charge is 0.376 e. The molecule has 0 radical (unpaired) electrons. The Bertz CT molecular complexity index is 842. The molecule has 30 heavy (non-hydrogen) atoms. The number of alkyl halides is 3. The van der Waals surface area contributed by atoms with E-state index in [0.717, 1.165) is 18.9 Å². The van der Waals surface area contributed by atoms with Crippen LogP contribution in [0.3, 0.4) is 0 Å². The lowest BCUT2D eigenvalue weighted by molar-refractivity contribution is -0.138. The number of carbonyl (C=O) groups excluding carboxylic acids is 1. The van der Waals surface area contributed by atoms with Gasteiger partial charge in [-0.3, -0.25) is 4.79 Å². The van der Waals surface area contributed by atoms with Gasteiger partial charge < -0.3 is 14.2 Å². The second kappa shape index (κ2) is 9.64. The van der Waals surface area contributed by atoms with Crippen LogP contribution in [0.15, 0.2) is 36.7 Å². The van der Waals surface area contributed by atoms with Gasteiger partial charge in [0.1, 0.15) is 5.82 Å². The summed E-state index contributed by atoms with van der Waals surface area (Å²) in [4.78, 5) is 18.9. The number of benzene rings is 1. The number of hydrogen-bond donors (Lipinski definition) is 0. The maximum atomic E-state index is 13.4. The van der Waals surface area contributed by atoms with Crippen molar-refractivity contribution in [1.29, 1.82) is 0 Å². The van der Waals surface area contributed by atoms with Crippen molar-refractivity contribution in [1.82, 2.24) is 14.5 Å². The molecular weight excluding hydrogens is 395 g/mol. The topological polar surface area (TPSA) is 47.4 Å². The number of ether oxygens (including phenoxy) is 1. The molecule has 3 rings (SSSR count). The third kappa shape index (κ3) is 5.84. The zero-order valence-electron chi connectivity index (χ0n) is 17.4. The Kier molecular flexibility index (Phi) is 7.18. The van der Waals surface area contributed by atoms with Crippen molar-refractivity contribution in [2.45, 2.75) is 58.5 Å². The minimum absolute atomic E-state index is 0.00419. The first-order valence-corrected chi connectivity index (χ1v) is 10.3. The molecule has 5 nitrogen and oxygen atoms in total. The van der Waals surface area contributed by atoms with Crippen LogP contribution >= 0.6 is 0 Å². The van der Waals surface area contributed by atoms with E-state index in [-0.39, 0.29) is 36.6 Å². The van der Waals surface area contributed by atoms with Crippen molar-refractivity contribution in [3.63, 3.8) is 0 Å². The van der Waals surface area contributed by atoms with E-state index in [1.165, 1.54) is 12.1 Å². The fraction of sp³-hybridized carbons (Fsp3) is 0.545. The Morgan fingerprint density at radius 2 is 2.10 bits per heavy atom. The Labute approximate surface area is 174 Å². The van der Waals surface area contributed by atoms with Crippen LogP contribution in [0.2, 0.25) is 0 Å². The molecule has 0 saturated carbocycles. The molecule has 2 aromatic rings. The molecule has 2 heterocycles. The number of nitrogens with zero attached hydrogens (tertiary/aromatic N) is 3. The lowest BCUT2D eigenvalue weighted by Gasteiger charge is -2.26. The van der Waals surface area contributed by atoms with E-state index in [9.17, 15) is 18.0 Å². The van der Waals surface area contributed by atoms with Crippen LogP contribution in [0.4, 0.5) is 13.2 Å². The van der Waals surface area contributed by atoms with E-state index in [0.29, 0.717) is 25.4 Å². The largest absolute Gasteiger partial charge is 0.416 e. The summed E-state index contributed by atoms with van der Waals surface area (Å²) in [6, 6.07) is 5.54. The van der Waals surface area contributed by atoms with E-state index in [2.05, 4.69) is 4.98 Å². The van der Waals surface area contributed by atoms with Gasteiger partial charge in [-0.05, 0) is 30.4 Å². The summed E-state index contributed by atoms with van der Waals surface area (Å²) in [6.07, 6.45) is 1.07. The summed E-state index contributed by atoms with van der Waals surface area (Å²) < 4.78 is 47.4. The molecule has 0 aliphatic carbocycles. The summed E-state index contributed by atoms with van der Waals surface area (Å²) in [7, 11) is 0. The Hall–Kier alpha value is -2.35. The first-order valence-electron chi connectivity index (χ1n) is 10.3. The fourth-order valence-corrected chi connectivity index (χ4v) is 3.69. The standard InChI is InChI=1S/C22H28F3N3O2/c1-16(2)12-21(29)28(14-18-7-5-11-30-18)15-20-26-9-10-27(20)13-17-6-3-4-8-19(17)22(23,24)25/h3-4,6,8-10,16,18H,5,7,11-15H2,1-2H3. The van der Waals surface area contributed by atoms with Gasteiger partial charge in [-0.2, -0.15) is 13.2 Å².